The van der Waals surface area contributed by atoms with Crippen LogP contribution in [-0.2, 0) is 0 Å². The van der Waals surface area contributed by atoms with Gasteiger partial charge in [-0.1, -0.05) is 0 Å². The summed E-state index contributed by atoms with van der Waals surface area (Å²) >= 11 is 0. The third kappa shape index (κ3) is 5.50. The van der Waals surface area contributed by atoms with Gasteiger partial charge < -0.3 is 15.3 Å². The van der Waals surface area contributed by atoms with E-state index in [1.807, 2.05) is 0 Å². The van der Waals surface area contributed by atoms with Gasteiger partial charge in [0.05, 0.1) is 0 Å². The topological polar surface area (TPSA) is 35.5 Å². The molecule has 3 nitrogen and oxygen atoms in total. The molecule has 0 amide bonds. The summed E-state index contributed by atoms with van der Waals surface area (Å²) in [5.41, 5.74) is 0.0831. The molecule has 15 heavy (non-hydrogen) atoms. The Balaban J connectivity index is 2.00. The van der Waals surface area contributed by atoms with Gasteiger partial charge in [0, 0.05) is 12.1 Å². The number of aliphatic hydroxyl groups excluding tert-OH is 1. The molecule has 0 spiro atoms. The number of rotatable bonds is 7. The Bertz CT molecular complexity index is 165. The fraction of sp³-hybridized carbons (Fsp3) is 1.00. The minimum Gasteiger partial charge on any atom is -0.396 e. The SMILES string of the molecule is CC(C)(CCO)NCCCN1CCCC1. The Kier molecular flexibility index (Phi) is 5.58. The zero-order valence-corrected chi connectivity index (χ0v) is 10.3. The first-order valence-electron chi connectivity index (χ1n) is 6.22. The number of nitrogens with zero attached hydrogens (tertiary/aromatic N) is 1. The third-order valence-electron chi connectivity index (χ3n) is 3.19. The van der Waals surface area contributed by atoms with E-state index in [9.17, 15) is 0 Å². The normalized spacial score (nSPS) is 18.6. The van der Waals surface area contributed by atoms with Crippen LogP contribution in [0.25, 0.3) is 0 Å². The predicted octanol–water partition coefficient (Wildman–Crippen LogP) is 1.22. The highest BCUT2D eigenvalue weighted by atomic mass is 16.3. The summed E-state index contributed by atoms with van der Waals surface area (Å²) in [6, 6.07) is 0. The summed E-state index contributed by atoms with van der Waals surface area (Å²) in [6.07, 6.45) is 4.80. The molecule has 1 aliphatic heterocycles. The van der Waals surface area contributed by atoms with Crippen molar-refractivity contribution in [3.8, 4) is 0 Å². The molecule has 1 rings (SSSR count). The Morgan fingerprint density at radius 2 is 1.93 bits per heavy atom. The molecule has 2 N–H and O–H groups in total. The van der Waals surface area contributed by atoms with Crippen LogP contribution < -0.4 is 5.32 Å². The third-order valence-corrected chi connectivity index (χ3v) is 3.19. The monoisotopic (exact) mass is 214 g/mol. The lowest BCUT2D eigenvalue weighted by Crippen LogP contribution is -2.41. The maximum Gasteiger partial charge on any atom is 0.0448 e. The van der Waals surface area contributed by atoms with Gasteiger partial charge >= 0.3 is 0 Å². The minimum atomic E-state index is 0.0831. The van der Waals surface area contributed by atoms with Crippen molar-refractivity contribution in [2.75, 3.05) is 32.8 Å². The lowest BCUT2D eigenvalue weighted by molar-refractivity contribution is 0.228. The highest BCUT2D eigenvalue weighted by Crippen LogP contribution is 2.09. The minimum absolute atomic E-state index is 0.0831. The fourth-order valence-electron chi connectivity index (χ4n) is 2.10. The number of hydrogen-bond acceptors (Lipinski definition) is 3. The molecule has 1 aliphatic rings. The molecule has 0 unspecified atom stereocenters. The highest BCUT2D eigenvalue weighted by molar-refractivity contribution is 4.77. The van der Waals surface area contributed by atoms with Crippen molar-refractivity contribution < 1.29 is 5.11 Å². The van der Waals surface area contributed by atoms with Crippen molar-refractivity contribution >= 4 is 0 Å². The Morgan fingerprint density at radius 1 is 1.27 bits per heavy atom. The average molecular weight is 214 g/mol. The maximum absolute atomic E-state index is 8.88. The molecule has 0 aromatic rings. The van der Waals surface area contributed by atoms with Crippen LogP contribution >= 0.6 is 0 Å². The van der Waals surface area contributed by atoms with Crippen molar-refractivity contribution in [2.24, 2.45) is 0 Å². The van der Waals surface area contributed by atoms with E-state index in [0.29, 0.717) is 0 Å². The molecule has 1 saturated heterocycles. The molecule has 0 saturated carbocycles. The Hall–Kier alpha value is -0.120. The number of aliphatic hydroxyl groups is 1. The predicted molar refractivity (Wildman–Crippen MR) is 64.1 cm³/mol. The first kappa shape index (κ1) is 12.9. The summed E-state index contributed by atoms with van der Waals surface area (Å²) in [5.74, 6) is 0. The van der Waals surface area contributed by atoms with Crippen LogP contribution in [0.4, 0.5) is 0 Å². The van der Waals surface area contributed by atoms with Gasteiger partial charge in [-0.05, 0) is 65.7 Å². The van der Waals surface area contributed by atoms with Crippen LogP contribution in [0.3, 0.4) is 0 Å². The van der Waals surface area contributed by atoms with Gasteiger partial charge in [0.1, 0.15) is 0 Å². The number of nitrogens with one attached hydrogen (secondary N) is 1. The van der Waals surface area contributed by atoms with E-state index in [1.165, 1.54) is 38.9 Å². The van der Waals surface area contributed by atoms with E-state index >= 15 is 0 Å². The van der Waals surface area contributed by atoms with E-state index in [1.54, 1.807) is 0 Å². The van der Waals surface area contributed by atoms with Gasteiger partial charge in [0.15, 0.2) is 0 Å². The summed E-state index contributed by atoms with van der Waals surface area (Å²) in [6.45, 7) is 9.44. The average Bonchev–Trinajstić information content (AvgIpc) is 2.65. The largest absolute Gasteiger partial charge is 0.396 e. The number of hydrogen-bond donors (Lipinski definition) is 2. The van der Waals surface area contributed by atoms with E-state index < -0.39 is 0 Å². The van der Waals surface area contributed by atoms with Crippen LogP contribution in [0.15, 0.2) is 0 Å². The lowest BCUT2D eigenvalue weighted by Gasteiger charge is -2.26. The molecule has 0 atom stereocenters. The van der Waals surface area contributed by atoms with Gasteiger partial charge in [-0.15, -0.1) is 0 Å². The zero-order chi connectivity index (χ0) is 11.1. The van der Waals surface area contributed by atoms with Crippen LogP contribution in [0, 0.1) is 0 Å². The summed E-state index contributed by atoms with van der Waals surface area (Å²) < 4.78 is 0. The Labute approximate surface area is 93.9 Å². The van der Waals surface area contributed by atoms with E-state index in [-0.39, 0.29) is 12.1 Å². The van der Waals surface area contributed by atoms with Gasteiger partial charge in [0.2, 0.25) is 0 Å². The van der Waals surface area contributed by atoms with Crippen molar-refractivity contribution in [1.82, 2.24) is 10.2 Å². The van der Waals surface area contributed by atoms with Gasteiger partial charge in [-0.3, -0.25) is 0 Å². The first-order valence-corrected chi connectivity index (χ1v) is 6.22. The van der Waals surface area contributed by atoms with Gasteiger partial charge in [-0.2, -0.15) is 0 Å². The lowest BCUT2D eigenvalue weighted by atomic mass is 10.0. The molecular weight excluding hydrogens is 188 g/mol. The molecule has 3 heteroatoms. The van der Waals surface area contributed by atoms with Gasteiger partial charge in [-0.25, -0.2) is 0 Å². The molecule has 0 radical (unpaired) electrons. The van der Waals surface area contributed by atoms with E-state index in [4.69, 9.17) is 5.11 Å². The molecule has 0 aromatic carbocycles. The maximum atomic E-state index is 8.88. The molecule has 0 bridgehead atoms. The van der Waals surface area contributed by atoms with Crippen molar-refractivity contribution in [3.63, 3.8) is 0 Å². The summed E-state index contributed by atoms with van der Waals surface area (Å²) in [5, 5.41) is 12.4. The highest BCUT2D eigenvalue weighted by Gasteiger charge is 2.16. The first-order chi connectivity index (χ1) is 7.14. The molecular formula is C12H26N2O. The zero-order valence-electron chi connectivity index (χ0n) is 10.3. The van der Waals surface area contributed by atoms with Crippen molar-refractivity contribution in [3.05, 3.63) is 0 Å². The molecule has 1 heterocycles. The molecule has 90 valence electrons. The molecule has 0 aliphatic carbocycles. The smallest absolute Gasteiger partial charge is 0.0448 e. The Morgan fingerprint density at radius 3 is 2.53 bits per heavy atom. The fourth-order valence-corrected chi connectivity index (χ4v) is 2.10. The van der Waals surface area contributed by atoms with E-state index in [0.717, 1.165) is 13.0 Å². The van der Waals surface area contributed by atoms with Crippen LogP contribution in [0.2, 0.25) is 0 Å². The second kappa shape index (κ2) is 6.46. The molecule has 0 aromatic heterocycles. The standard InChI is InChI=1S/C12H26N2O/c1-12(2,6-11-15)13-7-5-10-14-8-3-4-9-14/h13,15H,3-11H2,1-2H3. The summed E-state index contributed by atoms with van der Waals surface area (Å²) in [4.78, 5) is 2.54. The van der Waals surface area contributed by atoms with Crippen LogP contribution in [0.5, 0.6) is 0 Å². The quantitative estimate of drug-likeness (QED) is 0.626. The second-order valence-corrected chi connectivity index (χ2v) is 5.19. The van der Waals surface area contributed by atoms with Crippen LogP contribution in [0.1, 0.15) is 39.5 Å². The van der Waals surface area contributed by atoms with E-state index in [2.05, 4.69) is 24.1 Å². The van der Waals surface area contributed by atoms with Crippen molar-refractivity contribution in [2.45, 2.75) is 45.1 Å². The number of likely N-dealkylation sites (tertiary alicyclic amines) is 1. The van der Waals surface area contributed by atoms with Crippen molar-refractivity contribution in [1.29, 1.82) is 0 Å². The summed E-state index contributed by atoms with van der Waals surface area (Å²) in [7, 11) is 0. The van der Waals surface area contributed by atoms with Crippen LogP contribution in [-0.4, -0.2) is 48.3 Å². The molecule has 1 fully saturated rings. The second-order valence-electron chi connectivity index (χ2n) is 5.19. The van der Waals surface area contributed by atoms with Gasteiger partial charge in [0.25, 0.3) is 0 Å².